The predicted octanol–water partition coefficient (Wildman–Crippen LogP) is 1.75. The van der Waals surface area contributed by atoms with Crippen molar-refractivity contribution >= 4 is 27.3 Å². The first-order chi connectivity index (χ1) is 7.98. The molecule has 0 saturated carbocycles. The van der Waals surface area contributed by atoms with Crippen LogP contribution in [0.15, 0.2) is 18.3 Å². The van der Waals surface area contributed by atoms with E-state index in [2.05, 4.69) is 4.98 Å². The largest absolute Gasteiger partial charge is 0.355 e. The maximum atomic E-state index is 11.4. The first-order valence-electron chi connectivity index (χ1n) is 5.53. The van der Waals surface area contributed by atoms with Crippen molar-refractivity contribution in [1.82, 2.24) is 4.98 Å². The second-order valence-electron chi connectivity index (χ2n) is 4.32. The standard InChI is InChI=1S/C11H15ClN2O2S/c1-17(15,16)9-4-7-14(8-5-9)11-10(12)3-2-6-13-11/h2-3,6,9H,4-5,7-8H2,1H3. The molecule has 1 aromatic rings. The Hall–Kier alpha value is -0.810. The van der Waals surface area contributed by atoms with E-state index in [1.54, 1.807) is 18.3 Å². The van der Waals surface area contributed by atoms with Crippen LogP contribution in [-0.2, 0) is 9.84 Å². The van der Waals surface area contributed by atoms with Crippen LogP contribution in [0, 0.1) is 0 Å². The van der Waals surface area contributed by atoms with Crippen molar-refractivity contribution in [2.24, 2.45) is 0 Å². The summed E-state index contributed by atoms with van der Waals surface area (Å²) in [6.45, 7) is 1.38. The van der Waals surface area contributed by atoms with E-state index >= 15 is 0 Å². The summed E-state index contributed by atoms with van der Waals surface area (Å²) in [4.78, 5) is 6.28. The Balaban J connectivity index is 2.08. The molecule has 17 heavy (non-hydrogen) atoms. The predicted molar refractivity (Wildman–Crippen MR) is 69.3 cm³/mol. The van der Waals surface area contributed by atoms with E-state index in [4.69, 9.17) is 11.6 Å². The number of sulfone groups is 1. The molecule has 1 aliphatic heterocycles. The van der Waals surface area contributed by atoms with Crippen molar-refractivity contribution in [3.63, 3.8) is 0 Å². The normalized spacial score (nSPS) is 18.4. The number of halogens is 1. The Kier molecular flexibility index (Phi) is 3.58. The highest BCUT2D eigenvalue weighted by molar-refractivity contribution is 7.91. The monoisotopic (exact) mass is 274 g/mol. The van der Waals surface area contributed by atoms with Gasteiger partial charge in [-0.2, -0.15) is 0 Å². The summed E-state index contributed by atoms with van der Waals surface area (Å²) in [5.74, 6) is 0.751. The van der Waals surface area contributed by atoms with Crippen molar-refractivity contribution < 1.29 is 8.42 Å². The van der Waals surface area contributed by atoms with Gasteiger partial charge in [-0.05, 0) is 25.0 Å². The molecule has 94 valence electrons. The zero-order chi connectivity index (χ0) is 12.5. The van der Waals surface area contributed by atoms with Gasteiger partial charge in [0.05, 0.1) is 10.3 Å². The van der Waals surface area contributed by atoms with Gasteiger partial charge in [-0.1, -0.05) is 11.6 Å². The Morgan fingerprint density at radius 2 is 2.06 bits per heavy atom. The number of hydrogen-bond acceptors (Lipinski definition) is 4. The zero-order valence-corrected chi connectivity index (χ0v) is 11.2. The Labute approximate surface area is 107 Å². The van der Waals surface area contributed by atoms with Gasteiger partial charge in [-0.25, -0.2) is 13.4 Å². The van der Waals surface area contributed by atoms with Crippen molar-refractivity contribution in [3.8, 4) is 0 Å². The van der Waals surface area contributed by atoms with Gasteiger partial charge in [-0.15, -0.1) is 0 Å². The fourth-order valence-corrected chi connectivity index (χ4v) is 3.41. The summed E-state index contributed by atoms with van der Waals surface area (Å²) in [5.41, 5.74) is 0. The number of anilines is 1. The van der Waals surface area contributed by atoms with Crippen molar-refractivity contribution in [1.29, 1.82) is 0 Å². The van der Waals surface area contributed by atoms with Crippen LogP contribution in [0.3, 0.4) is 0 Å². The molecule has 6 heteroatoms. The third-order valence-corrected chi connectivity index (χ3v) is 5.06. The molecule has 0 unspecified atom stereocenters. The van der Waals surface area contributed by atoms with E-state index in [1.807, 2.05) is 4.90 Å². The number of aromatic nitrogens is 1. The fraction of sp³-hybridized carbons (Fsp3) is 0.545. The molecular formula is C11H15ClN2O2S. The highest BCUT2D eigenvalue weighted by Gasteiger charge is 2.27. The van der Waals surface area contributed by atoms with Gasteiger partial charge in [0, 0.05) is 25.5 Å². The molecule has 1 aromatic heterocycles. The molecule has 0 N–H and O–H groups in total. The molecule has 0 atom stereocenters. The van der Waals surface area contributed by atoms with Gasteiger partial charge in [0.1, 0.15) is 15.7 Å². The van der Waals surface area contributed by atoms with E-state index in [0.717, 1.165) is 5.82 Å². The lowest BCUT2D eigenvalue weighted by molar-refractivity contribution is 0.532. The average Bonchev–Trinajstić information content (AvgIpc) is 2.29. The maximum Gasteiger partial charge on any atom is 0.150 e. The lowest BCUT2D eigenvalue weighted by Gasteiger charge is -2.32. The molecule has 0 aromatic carbocycles. The van der Waals surface area contributed by atoms with Crippen LogP contribution < -0.4 is 4.90 Å². The summed E-state index contributed by atoms with van der Waals surface area (Å²) in [6, 6.07) is 3.58. The lowest BCUT2D eigenvalue weighted by Crippen LogP contribution is -2.39. The average molecular weight is 275 g/mol. The van der Waals surface area contributed by atoms with Gasteiger partial charge in [0.15, 0.2) is 0 Å². The summed E-state index contributed by atoms with van der Waals surface area (Å²) in [6.07, 6.45) is 4.29. The lowest BCUT2D eigenvalue weighted by atomic mass is 10.1. The molecule has 2 rings (SSSR count). The van der Waals surface area contributed by atoms with Gasteiger partial charge in [0.2, 0.25) is 0 Å². The Bertz CT molecular complexity index is 496. The van der Waals surface area contributed by atoms with Crippen LogP contribution >= 0.6 is 11.6 Å². The second kappa shape index (κ2) is 4.82. The minimum absolute atomic E-state index is 0.221. The Morgan fingerprint density at radius 3 is 2.59 bits per heavy atom. The van der Waals surface area contributed by atoms with Crippen LogP contribution in [0.1, 0.15) is 12.8 Å². The quantitative estimate of drug-likeness (QED) is 0.824. The SMILES string of the molecule is CS(=O)(=O)C1CCN(c2ncccc2Cl)CC1. The summed E-state index contributed by atoms with van der Waals surface area (Å²) in [7, 11) is -2.92. The molecular weight excluding hydrogens is 260 g/mol. The molecule has 0 aliphatic carbocycles. The van der Waals surface area contributed by atoms with E-state index < -0.39 is 9.84 Å². The van der Waals surface area contributed by atoms with Crippen LogP contribution in [0.5, 0.6) is 0 Å². The van der Waals surface area contributed by atoms with Gasteiger partial charge >= 0.3 is 0 Å². The van der Waals surface area contributed by atoms with Crippen molar-refractivity contribution in [2.75, 3.05) is 24.2 Å². The van der Waals surface area contributed by atoms with Gasteiger partial charge in [0.25, 0.3) is 0 Å². The molecule has 1 saturated heterocycles. The first kappa shape index (κ1) is 12.6. The minimum atomic E-state index is -2.92. The highest BCUT2D eigenvalue weighted by Crippen LogP contribution is 2.26. The van der Waals surface area contributed by atoms with Crippen LogP contribution in [0.25, 0.3) is 0 Å². The van der Waals surface area contributed by atoms with Crippen LogP contribution in [-0.4, -0.2) is 38.0 Å². The highest BCUT2D eigenvalue weighted by atomic mass is 35.5. The molecule has 0 radical (unpaired) electrons. The molecule has 4 nitrogen and oxygen atoms in total. The smallest absolute Gasteiger partial charge is 0.150 e. The number of rotatable bonds is 2. The summed E-state index contributed by atoms with van der Waals surface area (Å²) >= 11 is 6.06. The molecule has 1 aliphatic rings. The number of pyridine rings is 1. The van der Waals surface area contributed by atoms with Crippen LogP contribution in [0.2, 0.25) is 5.02 Å². The van der Waals surface area contributed by atoms with Gasteiger partial charge < -0.3 is 4.90 Å². The zero-order valence-electron chi connectivity index (χ0n) is 9.63. The van der Waals surface area contributed by atoms with Crippen molar-refractivity contribution in [2.45, 2.75) is 18.1 Å². The van der Waals surface area contributed by atoms with Crippen LogP contribution in [0.4, 0.5) is 5.82 Å². The molecule has 2 heterocycles. The van der Waals surface area contributed by atoms with Gasteiger partial charge in [-0.3, -0.25) is 0 Å². The third kappa shape index (κ3) is 2.90. The Morgan fingerprint density at radius 1 is 1.41 bits per heavy atom. The van der Waals surface area contributed by atoms with E-state index in [-0.39, 0.29) is 5.25 Å². The third-order valence-electron chi connectivity index (χ3n) is 3.09. The molecule has 0 spiro atoms. The number of hydrogen-bond donors (Lipinski definition) is 0. The van der Waals surface area contributed by atoms with E-state index in [1.165, 1.54) is 6.26 Å². The van der Waals surface area contributed by atoms with Crippen molar-refractivity contribution in [3.05, 3.63) is 23.4 Å². The second-order valence-corrected chi connectivity index (χ2v) is 7.06. The first-order valence-corrected chi connectivity index (χ1v) is 7.86. The molecule has 0 amide bonds. The summed E-state index contributed by atoms with van der Waals surface area (Å²) < 4.78 is 22.9. The van der Waals surface area contributed by atoms with E-state index in [9.17, 15) is 8.42 Å². The molecule has 1 fully saturated rings. The number of piperidine rings is 1. The minimum Gasteiger partial charge on any atom is -0.355 e. The molecule has 0 bridgehead atoms. The number of nitrogens with zero attached hydrogens (tertiary/aromatic N) is 2. The maximum absolute atomic E-state index is 11.4. The topological polar surface area (TPSA) is 50.3 Å². The summed E-state index contributed by atoms with van der Waals surface area (Å²) in [5, 5.41) is 0.395. The van der Waals surface area contributed by atoms with E-state index in [0.29, 0.717) is 31.0 Å². The fourth-order valence-electron chi connectivity index (χ4n) is 2.11.